The Kier molecular flexibility index (Phi) is 7.04. The summed E-state index contributed by atoms with van der Waals surface area (Å²) in [7, 11) is 0. The Bertz CT molecular complexity index is 1380. The van der Waals surface area contributed by atoms with Crippen LogP contribution >= 0.6 is 11.8 Å². The van der Waals surface area contributed by atoms with Crippen molar-refractivity contribution >= 4 is 29.5 Å². The van der Waals surface area contributed by atoms with Crippen molar-refractivity contribution < 1.29 is 28.6 Å². The third-order valence-corrected chi connectivity index (χ3v) is 9.05. The molecular weight excluding hydrogens is 548 g/mol. The summed E-state index contributed by atoms with van der Waals surface area (Å²) in [4.78, 5) is 43.2. The number of esters is 1. The van der Waals surface area contributed by atoms with Crippen LogP contribution in [0.4, 0.5) is 0 Å². The van der Waals surface area contributed by atoms with Gasteiger partial charge in [-0.1, -0.05) is 60.7 Å². The second kappa shape index (κ2) is 10.5. The summed E-state index contributed by atoms with van der Waals surface area (Å²) in [6, 6.07) is 18.2. The van der Waals surface area contributed by atoms with Crippen LogP contribution in [0.3, 0.4) is 0 Å². The van der Waals surface area contributed by atoms with Gasteiger partial charge in [-0.3, -0.25) is 14.4 Å². The van der Waals surface area contributed by atoms with Crippen molar-refractivity contribution in [3.63, 3.8) is 0 Å². The maximum Gasteiger partial charge on any atom is 0.320 e. The summed E-state index contributed by atoms with van der Waals surface area (Å²) in [5, 5.41) is 11.8. The molecule has 3 saturated heterocycles. The highest BCUT2D eigenvalue weighted by Crippen LogP contribution is 2.49. The summed E-state index contributed by atoms with van der Waals surface area (Å²) in [6.07, 6.45) is -0.338. The minimum Gasteiger partial charge on any atom is -0.452 e. The van der Waals surface area contributed by atoms with Gasteiger partial charge in [0.2, 0.25) is 5.91 Å². The van der Waals surface area contributed by atoms with Crippen molar-refractivity contribution in [1.29, 1.82) is 0 Å². The zero-order chi connectivity index (χ0) is 28.8. The number of β-lactam (4-membered cyclic amide) rings is 1. The largest absolute Gasteiger partial charge is 0.452 e. The molecule has 3 aliphatic heterocycles. The average molecular weight is 579 g/mol. The van der Waals surface area contributed by atoms with E-state index in [1.807, 2.05) is 74.5 Å². The molecule has 4 atom stereocenters. The molecule has 3 aromatic rings. The van der Waals surface area contributed by atoms with Gasteiger partial charge in [0.05, 0.1) is 12.2 Å². The number of aromatic nitrogens is 4. The number of fused-ring (bicyclic) bond motifs is 1. The lowest BCUT2D eigenvalue weighted by atomic mass is 9.85. The van der Waals surface area contributed by atoms with Crippen LogP contribution in [0.5, 0.6) is 0 Å². The molecule has 0 N–H and O–H groups in total. The van der Waals surface area contributed by atoms with Gasteiger partial charge in [0.15, 0.2) is 24.8 Å². The van der Waals surface area contributed by atoms with Gasteiger partial charge < -0.3 is 19.1 Å². The van der Waals surface area contributed by atoms with Crippen molar-refractivity contribution in [2.75, 3.05) is 23.9 Å². The summed E-state index contributed by atoms with van der Waals surface area (Å²) in [5.74, 6) is -0.992. The first-order chi connectivity index (χ1) is 19.7. The summed E-state index contributed by atoms with van der Waals surface area (Å²) >= 11 is 1.38. The van der Waals surface area contributed by atoms with Crippen LogP contribution in [0.15, 0.2) is 67.0 Å². The van der Waals surface area contributed by atoms with E-state index in [1.54, 1.807) is 4.90 Å². The third-order valence-electron chi connectivity index (χ3n) is 7.52. The molecule has 2 amide bonds. The fourth-order valence-corrected chi connectivity index (χ4v) is 7.05. The fourth-order valence-electron chi connectivity index (χ4n) is 5.46. The number of nitrogens with zero attached hydrogens (tertiary/aromatic N) is 6. The van der Waals surface area contributed by atoms with Crippen molar-refractivity contribution in [3.05, 3.63) is 78.1 Å². The molecular formula is C28H30N6O6S. The van der Waals surface area contributed by atoms with E-state index in [0.717, 1.165) is 15.9 Å². The van der Waals surface area contributed by atoms with Crippen molar-refractivity contribution in [3.8, 4) is 0 Å². The molecule has 0 aliphatic carbocycles. The number of amides is 2. The molecule has 6 rings (SSSR count). The Labute approximate surface area is 240 Å². The number of rotatable bonds is 7. The van der Waals surface area contributed by atoms with Gasteiger partial charge in [-0.25, -0.2) is 5.01 Å². The van der Waals surface area contributed by atoms with Gasteiger partial charge in [-0.2, -0.15) is 0 Å². The van der Waals surface area contributed by atoms with Crippen molar-refractivity contribution in [2.45, 2.75) is 50.2 Å². The van der Waals surface area contributed by atoms with E-state index in [-0.39, 0.29) is 30.7 Å². The van der Waals surface area contributed by atoms with Gasteiger partial charge in [-0.15, -0.1) is 21.7 Å². The molecule has 1 aromatic heterocycles. The van der Waals surface area contributed by atoms with E-state index in [9.17, 15) is 14.4 Å². The molecule has 4 heterocycles. The average Bonchev–Trinajstić information content (AvgIpc) is 3.64. The topological polar surface area (TPSA) is 129 Å². The predicted octanol–water partition coefficient (Wildman–Crippen LogP) is 1.91. The Morgan fingerprint density at radius 1 is 1.10 bits per heavy atom. The lowest BCUT2D eigenvalue weighted by molar-refractivity contribution is -0.200. The first-order valence-electron chi connectivity index (χ1n) is 13.3. The highest BCUT2D eigenvalue weighted by Gasteiger charge is 2.64. The van der Waals surface area contributed by atoms with Crippen LogP contribution in [-0.4, -0.2) is 85.2 Å². The van der Waals surface area contributed by atoms with Crippen molar-refractivity contribution in [1.82, 2.24) is 25.2 Å². The lowest BCUT2D eigenvalue weighted by Crippen LogP contribution is -2.77. The van der Waals surface area contributed by atoms with E-state index in [1.165, 1.54) is 30.0 Å². The van der Waals surface area contributed by atoms with Crippen LogP contribution in [0, 0.1) is 5.41 Å². The number of hydrogen-bond donors (Lipinski definition) is 0. The lowest BCUT2D eigenvalue weighted by Gasteiger charge is -2.56. The molecule has 0 radical (unpaired) electrons. The fraction of sp³-hybridized carbons (Fsp3) is 0.429. The molecule has 2 aromatic carbocycles. The summed E-state index contributed by atoms with van der Waals surface area (Å²) < 4.78 is 18.6. The molecule has 0 bridgehead atoms. The number of tetrazole rings is 1. The maximum absolute atomic E-state index is 14.3. The van der Waals surface area contributed by atoms with Crippen LogP contribution < -0.4 is 5.01 Å². The van der Waals surface area contributed by atoms with Crippen LogP contribution in [-0.2, 0) is 28.6 Å². The maximum atomic E-state index is 14.3. The van der Waals surface area contributed by atoms with Crippen LogP contribution in [0.25, 0.3) is 0 Å². The molecule has 214 valence electrons. The zero-order valence-electron chi connectivity index (χ0n) is 22.8. The molecule has 3 aliphatic rings. The quantitative estimate of drug-likeness (QED) is 0.303. The van der Waals surface area contributed by atoms with Gasteiger partial charge in [0, 0.05) is 19.2 Å². The van der Waals surface area contributed by atoms with Gasteiger partial charge in [0.1, 0.15) is 10.8 Å². The number of benzene rings is 2. The summed E-state index contributed by atoms with van der Waals surface area (Å²) in [5.41, 5.74) is -0.302. The number of ether oxygens (including phenoxy) is 3. The minimum absolute atomic E-state index is 0.0111. The highest BCUT2D eigenvalue weighted by atomic mass is 32.2. The van der Waals surface area contributed by atoms with E-state index in [4.69, 9.17) is 14.2 Å². The van der Waals surface area contributed by atoms with Gasteiger partial charge >= 0.3 is 5.97 Å². The molecule has 0 saturated carbocycles. The second-order valence-electron chi connectivity index (χ2n) is 11.0. The third kappa shape index (κ3) is 4.87. The molecule has 41 heavy (non-hydrogen) atoms. The van der Waals surface area contributed by atoms with Gasteiger partial charge in [-0.05, 0) is 35.4 Å². The zero-order valence-corrected chi connectivity index (χ0v) is 23.6. The standard InChI is InChI=1S/C28H30N6O6S/c1-18(35)34(33-17-29-30-31-33)21-23(36)32-14-28(16-41-24(21)32,26-38-15-27(2,3)40-26)25(37)39-22(19-10-6-4-7-11-19)20-12-8-5-9-13-20/h4-13,17,21-22,24,26H,14-16H2,1-3H3/t21?,24-,26?,28?/m1/s1. The van der Waals surface area contributed by atoms with Crippen LogP contribution in [0.2, 0.25) is 0 Å². The molecule has 13 heteroatoms. The second-order valence-corrected chi connectivity index (χ2v) is 12.1. The molecule has 3 unspecified atom stereocenters. The Hall–Kier alpha value is -3.81. The SMILES string of the molecule is CC(=O)N(C1C(=O)N2CC(C(=O)OC(c3ccccc3)c3ccccc3)(C3OCC(C)(C)O3)CS[C@H]12)n1cnnn1. The van der Waals surface area contributed by atoms with E-state index in [0.29, 0.717) is 0 Å². The predicted molar refractivity (Wildman–Crippen MR) is 147 cm³/mol. The molecule has 3 fully saturated rings. The Morgan fingerprint density at radius 3 is 2.29 bits per heavy atom. The van der Waals surface area contributed by atoms with E-state index in [2.05, 4.69) is 15.5 Å². The molecule has 0 spiro atoms. The van der Waals surface area contributed by atoms with E-state index < -0.39 is 40.8 Å². The smallest absolute Gasteiger partial charge is 0.320 e. The normalized spacial score (nSPS) is 26.8. The Morgan fingerprint density at radius 2 is 1.76 bits per heavy atom. The Balaban J connectivity index is 1.31. The van der Waals surface area contributed by atoms with E-state index >= 15 is 0 Å². The van der Waals surface area contributed by atoms with Crippen LogP contribution in [0.1, 0.15) is 38.0 Å². The first-order valence-corrected chi connectivity index (χ1v) is 14.3. The minimum atomic E-state index is -1.31. The number of hydrogen-bond acceptors (Lipinski definition) is 10. The van der Waals surface area contributed by atoms with Crippen molar-refractivity contribution in [2.24, 2.45) is 5.41 Å². The molecule has 12 nitrogen and oxygen atoms in total. The van der Waals surface area contributed by atoms with Gasteiger partial charge in [0.25, 0.3) is 5.91 Å². The first kappa shape index (κ1) is 27.4. The number of thioether (sulfide) groups is 1. The highest BCUT2D eigenvalue weighted by molar-refractivity contribution is 8.00. The number of carbonyl (C=O) groups is 3. The monoisotopic (exact) mass is 578 g/mol. The summed E-state index contributed by atoms with van der Waals surface area (Å²) in [6.45, 7) is 5.43. The number of carbonyl (C=O) groups excluding carboxylic acids is 3.